The Morgan fingerprint density at radius 3 is 2.31 bits per heavy atom. The highest BCUT2D eigenvalue weighted by atomic mass is 35.5. The number of benzene rings is 3. The van der Waals surface area contributed by atoms with E-state index in [1.54, 1.807) is 12.1 Å². The third-order valence-electron chi connectivity index (χ3n) is 4.35. The summed E-state index contributed by atoms with van der Waals surface area (Å²) in [6.45, 7) is 1.66. The molecule has 0 spiro atoms. The summed E-state index contributed by atoms with van der Waals surface area (Å²) >= 11 is 12.1. The summed E-state index contributed by atoms with van der Waals surface area (Å²) in [6, 6.07) is 15.3. The number of sulfonamides is 1. The molecule has 1 amide bonds. The number of halogens is 3. The standard InChI is InChI=1S/C22H19Cl2FN2O4S/c1-2-31-17-10-12-18(13-11-17)32(29,30)27(16-8-6-15(25)7-9-16)14-21(28)26-20-5-3-4-19(23)22(20)24/h3-13H,2,14H2,1H3,(H,26,28). The van der Waals surface area contributed by atoms with Crippen LogP contribution in [0.2, 0.25) is 10.0 Å². The van der Waals surface area contributed by atoms with Crippen LogP contribution in [0.25, 0.3) is 0 Å². The molecular formula is C22H19Cl2FN2O4S. The van der Waals surface area contributed by atoms with E-state index in [2.05, 4.69) is 5.32 Å². The molecule has 0 saturated carbocycles. The lowest BCUT2D eigenvalue weighted by Crippen LogP contribution is -2.38. The second kappa shape index (κ2) is 10.2. The predicted molar refractivity (Wildman–Crippen MR) is 124 cm³/mol. The summed E-state index contributed by atoms with van der Waals surface area (Å²) in [7, 11) is -4.17. The molecule has 0 aromatic heterocycles. The molecule has 10 heteroatoms. The van der Waals surface area contributed by atoms with E-state index in [0.29, 0.717) is 12.4 Å². The van der Waals surface area contributed by atoms with Crippen molar-refractivity contribution in [2.75, 3.05) is 22.8 Å². The molecule has 0 aliphatic heterocycles. The van der Waals surface area contributed by atoms with Crippen LogP contribution in [-0.2, 0) is 14.8 Å². The Balaban J connectivity index is 1.93. The van der Waals surface area contributed by atoms with Crippen LogP contribution in [0.5, 0.6) is 5.75 Å². The van der Waals surface area contributed by atoms with Crippen molar-refractivity contribution >= 4 is 50.5 Å². The van der Waals surface area contributed by atoms with Crippen molar-refractivity contribution in [3.8, 4) is 5.75 Å². The minimum Gasteiger partial charge on any atom is -0.494 e. The number of ether oxygens (including phenoxy) is 1. The first-order chi connectivity index (χ1) is 15.2. The Kier molecular flexibility index (Phi) is 7.60. The minimum absolute atomic E-state index is 0.0566. The van der Waals surface area contributed by atoms with Crippen LogP contribution in [0.3, 0.4) is 0 Å². The lowest BCUT2D eigenvalue weighted by molar-refractivity contribution is -0.114. The number of nitrogens with one attached hydrogen (secondary N) is 1. The SMILES string of the molecule is CCOc1ccc(S(=O)(=O)N(CC(=O)Nc2cccc(Cl)c2Cl)c2ccc(F)cc2)cc1. The van der Waals surface area contributed by atoms with Gasteiger partial charge in [0.05, 0.1) is 32.9 Å². The largest absolute Gasteiger partial charge is 0.494 e. The van der Waals surface area contributed by atoms with Gasteiger partial charge in [-0.1, -0.05) is 29.3 Å². The third-order valence-corrected chi connectivity index (χ3v) is 6.96. The van der Waals surface area contributed by atoms with Gasteiger partial charge < -0.3 is 10.1 Å². The zero-order chi connectivity index (χ0) is 23.3. The van der Waals surface area contributed by atoms with Crippen molar-refractivity contribution in [1.29, 1.82) is 0 Å². The highest BCUT2D eigenvalue weighted by Gasteiger charge is 2.27. The Labute approximate surface area is 195 Å². The van der Waals surface area contributed by atoms with Crippen molar-refractivity contribution in [2.24, 2.45) is 0 Å². The van der Waals surface area contributed by atoms with Crippen molar-refractivity contribution < 1.29 is 22.3 Å². The number of carbonyl (C=O) groups is 1. The van der Waals surface area contributed by atoms with Gasteiger partial charge >= 0.3 is 0 Å². The van der Waals surface area contributed by atoms with Crippen LogP contribution < -0.4 is 14.4 Å². The molecule has 0 aliphatic rings. The van der Waals surface area contributed by atoms with E-state index in [4.69, 9.17) is 27.9 Å². The van der Waals surface area contributed by atoms with Gasteiger partial charge in [0.1, 0.15) is 18.1 Å². The Morgan fingerprint density at radius 2 is 1.69 bits per heavy atom. The Hall–Kier alpha value is -2.81. The average molecular weight is 497 g/mol. The zero-order valence-electron chi connectivity index (χ0n) is 16.9. The Bertz CT molecular complexity index is 1200. The fourth-order valence-corrected chi connectivity index (χ4v) is 4.61. The fourth-order valence-electron chi connectivity index (χ4n) is 2.84. The molecule has 32 heavy (non-hydrogen) atoms. The first-order valence-corrected chi connectivity index (χ1v) is 11.7. The van der Waals surface area contributed by atoms with E-state index in [9.17, 15) is 17.6 Å². The summed E-state index contributed by atoms with van der Waals surface area (Å²) in [5.41, 5.74) is 0.356. The van der Waals surface area contributed by atoms with Crippen LogP contribution in [0.4, 0.5) is 15.8 Å². The van der Waals surface area contributed by atoms with E-state index >= 15 is 0 Å². The van der Waals surface area contributed by atoms with Crippen LogP contribution >= 0.6 is 23.2 Å². The van der Waals surface area contributed by atoms with Crippen molar-refractivity contribution in [3.63, 3.8) is 0 Å². The summed E-state index contributed by atoms with van der Waals surface area (Å²) < 4.78 is 46.4. The van der Waals surface area contributed by atoms with Gasteiger partial charge in [-0.3, -0.25) is 9.10 Å². The van der Waals surface area contributed by atoms with Crippen LogP contribution in [0, 0.1) is 5.82 Å². The molecule has 1 N–H and O–H groups in total. The lowest BCUT2D eigenvalue weighted by Gasteiger charge is -2.24. The van der Waals surface area contributed by atoms with E-state index in [-0.39, 0.29) is 26.3 Å². The number of nitrogens with zero attached hydrogens (tertiary/aromatic N) is 1. The van der Waals surface area contributed by atoms with Crippen LogP contribution in [-0.4, -0.2) is 27.5 Å². The number of amides is 1. The van der Waals surface area contributed by atoms with E-state index in [0.717, 1.165) is 16.4 Å². The number of carbonyl (C=O) groups excluding carboxylic acids is 1. The van der Waals surface area contributed by atoms with Gasteiger partial charge in [0.2, 0.25) is 5.91 Å². The van der Waals surface area contributed by atoms with Gasteiger partial charge in [-0.05, 0) is 67.6 Å². The molecule has 6 nitrogen and oxygen atoms in total. The van der Waals surface area contributed by atoms with Crippen molar-refractivity contribution in [3.05, 3.63) is 82.6 Å². The van der Waals surface area contributed by atoms with Gasteiger partial charge in [0.15, 0.2) is 0 Å². The molecular weight excluding hydrogens is 478 g/mol. The summed E-state index contributed by atoms with van der Waals surface area (Å²) in [5, 5.41) is 2.92. The monoisotopic (exact) mass is 496 g/mol. The molecule has 0 fully saturated rings. The number of hydrogen-bond donors (Lipinski definition) is 1. The second-order valence-corrected chi connectivity index (χ2v) is 9.19. The molecule has 0 radical (unpaired) electrons. The maximum Gasteiger partial charge on any atom is 0.264 e. The number of rotatable bonds is 8. The number of anilines is 2. The lowest BCUT2D eigenvalue weighted by atomic mass is 10.3. The van der Waals surface area contributed by atoms with Crippen LogP contribution in [0.1, 0.15) is 6.92 Å². The summed E-state index contributed by atoms with van der Waals surface area (Å²) in [6.07, 6.45) is 0. The fraction of sp³-hybridized carbons (Fsp3) is 0.136. The molecule has 0 aliphatic carbocycles. The van der Waals surface area contributed by atoms with Crippen LogP contribution in [0.15, 0.2) is 71.6 Å². The van der Waals surface area contributed by atoms with E-state index in [1.807, 2.05) is 6.92 Å². The first-order valence-electron chi connectivity index (χ1n) is 9.47. The third kappa shape index (κ3) is 5.51. The normalized spacial score (nSPS) is 11.1. The van der Waals surface area contributed by atoms with Crippen molar-refractivity contribution in [1.82, 2.24) is 0 Å². The zero-order valence-corrected chi connectivity index (χ0v) is 19.2. The smallest absolute Gasteiger partial charge is 0.264 e. The average Bonchev–Trinajstić information content (AvgIpc) is 2.76. The molecule has 0 saturated heterocycles. The summed E-state index contributed by atoms with van der Waals surface area (Å²) in [5.74, 6) is -0.691. The highest BCUT2D eigenvalue weighted by molar-refractivity contribution is 7.92. The molecule has 3 aromatic carbocycles. The molecule has 0 atom stereocenters. The topological polar surface area (TPSA) is 75.7 Å². The van der Waals surface area contributed by atoms with Crippen molar-refractivity contribution in [2.45, 2.75) is 11.8 Å². The van der Waals surface area contributed by atoms with Gasteiger partial charge in [-0.15, -0.1) is 0 Å². The first kappa shape index (κ1) is 23.8. The second-order valence-electron chi connectivity index (χ2n) is 6.54. The molecule has 0 unspecified atom stereocenters. The molecule has 3 aromatic rings. The summed E-state index contributed by atoms with van der Waals surface area (Å²) in [4.78, 5) is 12.7. The Morgan fingerprint density at radius 1 is 1.03 bits per heavy atom. The van der Waals surface area contributed by atoms with Gasteiger partial charge in [0.25, 0.3) is 10.0 Å². The quantitative estimate of drug-likeness (QED) is 0.455. The molecule has 3 rings (SSSR count). The number of hydrogen-bond acceptors (Lipinski definition) is 4. The maximum absolute atomic E-state index is 13.4. The predicted octanol–water partition coefficient (Wildman–Crippen LogP) is 5.37. The highest BCUT2D eigenvalue weighted by Crippen LogP contribution is 2.30. The van der Waals surface area contributed by atoms with Gasteiger partial charge in [-0.2, -0.15) is 0 Å². The van der Waals surface area contributed by atoms with E-state index < -0.39 is 28.3 Å². The molecule has 168 valence electrons. The van der Waals surface area contributed by atoms with Gasteiger partial charge in [-0.25, -0.2) is 12.8 Å². The maximum atomic E-state index is 13.4. The molecule has 0 bridgehead atoms. The molecule has 0 heterocycles. The van der Waals surface area contributed by atoms with E-state index in [1.165, 1.54) is 42.5 Å². The van der Waals surface area contributed by atoms with Gasteiger partial charge in [0, 0.05) is 0 Å². The minimum atomic E-state index is -4.17.